The number of nitrogens with one attached hydrogen (secondary N) is 1. The lowest BCUT2D eigenvalue weighted by molar-refractivity contribution is 0.100. The molecule has 0 aliphatic heterocycles. The third kappa shape index (κ3) is 4.85. The number of hydrogen-bond donors (Lipinski definition) is 5. The van der Waals surface area contributed by atoms with E-state index >= 15 is 0 Å². The molecule has 4 aromatic carbocycles. The number of aryl methyl sites for hydroxylation is 2. The van der Waals surface area contributed by atoms with Crippen molar-refractivity contribution in [2.24, 2.45) is 0 Å². The number of aromatic hydroxyl groups is 4. The Morgan fingerprint density at radius 3 is 1.81 bits per heavy atom. The molecule has 214 valence electrons. The van der Waals surface area contributed by atoms with Crippen molar-refractivity contribution in [3.8, 4) is 34.1 Å². The van der Waals surface area contributed by atoms with Gasteiger partial charge in [-0.2, -0.15) is 0 Å². The summed E-state index contributed by atoms with van der Waals surface area (Å²) in [6.45, 7) is 5.91. The highest BCUT2D eigenvalue weighted by Crippen LogP contribution is 2.41. The van der Waals surface area contributed by atoms with Crippen molar-refractivity contribution in [3.63, 3.8) is 0 Å². The monoisotopic (exact) mass is 567 g/mol. The van der Waals surface area contributed by atoms with E-state index in [-0.39, 0.29) is 75.5 Å². The Hall–Kier alpha value is -5.11. The van der Waals surface area contributed by atoms with Crippen LogP contribution in [-0.2, 0) is 12.8 Å². The maximum atomic E-state index is 14.6. The molecular formula is C34H30FNO6. The normalized spacial score (nSPS) is 11.3. The third-order valence-corrected chi connectivity index (χ3v) is 7.77. The molecule has 0 fully saturated rings. The van der Waals surface area contributed by atoms with Gasteiger partial charge in [0.2, 0.25) is 0 Å². The summed E-state index contributed by atoms with van der Waals surface area (Å²) in [5.74, 6) is -2.14. The molecule has 0 bridgehead atoms. The number of halogens is 1. The summed E-state index contributed by atoms with van der Waals surface area (Å²) < 4.78 is 14.6. The first-order chi connectivity index (χ1) is 19.9. The fraction of sp³-hybridized carbons (Fsp3) is 0.176. The highest BCUT2D eigenvalue weighted by molar-refractivity contribution is 5.99. The van der Waals surface area contributed by atoms with Gasteiger partial charge in [0.15, 0.2) is 11.6 Å². The second-order valence-electron chi connectivity index (χ2n) is 10.6. The van der Waals surface area contributed by atoms with E-state index in [1.54, 1.807) is 50.2 Å². The number of benzene rings is 4. The molecule has 0 unspecified atom stereocenters. The van der Waals surface area contributed by atoms with E-state index in [9.17, 15) is 34.4 Å². The molecule has 0 amide bonds. The number of carbonyl (C=O) groups is 2. The average Bonchev–Trinajstić information content (AvgIpc) is 3.28. The van der Waals surface area contributed by atoms with Crippen LogP contribution in [0.1, 0.15) is 68.1 Å². The van der Waals surface area contributed by atoms with Crippen LogP contribution in [0.15, 0.2) is 54.6 Å². The summed E-state index contributed by atoms with van der Waals surface area (Å²) in [5.41, 5.74) is 3.99. The van der Waals surface area contributed by atoms with E-state index in [4.69, 9.17) is 0 Å². The van der Waals surface area contributed by atoms with Crippen LogP contribution in [0, 0.1) is 19.7 Å². The van der Waals surface area contributed by atoms with Gasteiger partial charge in [-0.15, -0.1) is 0 Å². The summed E-state index contributed by atoms with van der Waals surface area (Å²) in [4.78, 5) is 27.8. The fourth-order valence-electron chi connectivity index (χ4n) is 5.48. The van der Waals surface area contributed by atoms with Gasteiger partial charge < -0.3 is 25.4 Å². The van der Waals surface area contributed by atoms with Gasteiger partial charge in [-0.1, -0.05) is 30.3 Å². The number of hydrogen-bond acceptors (Lipinski definition) is 6. The number of aromatic amines is 1. The van der Waals surface area contributed by atoms with Crippen LogP contribution in [0.5, 0.6) is 23.0 Å². The molecule has 0 aliphatic rings. The number of Topliss-reactive ketones (excluding diaryl/α,β-unsaturated/α-hetero) is 2. The predicted molar refractivity (Wildman–Crippen MR) is 158 cm³/mol. The number of fused-ring (bicyclic) bond motifs is 1. The fourth-order valence-corrected chi connectivity index (χ4v) is 5.48. The second-order valence-corrected chi connectivity index (χ2v) is 10.6. The number of ketones is 2. The van der Waals surface area contributed by atoms with Crippen LogP contribution in [-0.4, -0.2) is 37.0 Å². The summed E-state index contributed by atoms with van der Waals surface area (Å²) in [7, 11) is 0. The lowest BCUT2D eigenvalue weighted by Crippen LogP contribution is -2.03. The van der Waals surface area contributed by atoms with E-state index < -0.39 is 0 Å². The number of H-pyrrole nitrogens is 1. The SMILES string of the molecule is CC(=O)c1cc(C)c(O)c(Cc2[nH]c3cc(-c4ccccc4F)ccc3c2Cc2c(O)c(C)cc(C(C)=O)c2O)c1O. The van der Waals surface area contributed by atoms with E-state index in [0.717, 1.165) is 0 Å². The Morgan fingerprint density at radius 2 is 1.26 bits per heavy atom. The Bertz CT molecular complexity index is 1920. The van der Waals surface area contributed by atoms with Crippen molar-refractivity contribution in [3.05, 3.63) is 105 Å². The highest BCUT2D eigenvalue weighted by atomic mass is 19.1. The Kier molecular flexibility index (Phi) is 7.24. The minimum Gasteiger partial charge on any atom is -0.507 e. The van der Waals surface area contributed by atoms with Crippen molar-refractivity contribution >= 4 is 22.5 Å². The first kappa shape index (κ1) is 28.4. The number of rotatable bonds is 7. The van der Waals surface area contributed by atoms with Gasteiger partial charge in [-0.05, 0) is 74.2 Å². The molecule has 5 aromatic rings. The molecule has 8 heteroatoms. The lowest BCUT2D eigenvalue weighted by atomic mass is 9.92. The van der Waals surface area contributed by atoms with Crippen molar-refractivity contribution in [2.45, 2.75) is 40.5 Å². The van der Waals surface area contributed by atoms with Gasteiger partial charge in [0.25, 0.3) is 0 Å². The molecule has 0 saturated heterocycles. The van der Waals surface area contributed by atoms with Crippen LogP contribution in [0.4, 0.5) is 4.39 Å². The minimum absolute atomic E-state index is 0.0130. The van der Waals surface area contributed by atoms with Gasteiger partial charge in [0, 0.05) is 46.1 Å². The molecule has 0 spiro atoms. The lowest BCUT2D eigenvalue weighted by Gasteiger charge is -2.15. The molecule has 42 heavy (non-hydrogen) atoms. The van der Waals surface area contributed by atoms with Crippen LogP contribution in [0.2, 0.25) is 0 Å². The summed E-state index contributed by atoms with van der Waals surface area (Å²) in [6, 6.07) is 14.6. The first-order valence-electron chi connectivity index (χ1n) is 13.4. The molecule has 0 saturated carbocycles. The topological polar surface area (TPSA) is 131 Å². The highest BCUT2D eigenvalue weighted by Gasteiger charge is 2.24. The van der Waals surface area contributed by atoms with Crippen molar-refractivity contribution < 1.29 is 34.4 Å². The standard InChI is InChI=1S/C34H30FNO6/c1-16-11-23(18(3)37)33(41)26(31(16)39)14-25-22-10-9-20(21-7-5-6-8-28(21)35)13-29(22)36-30(25)15-27-32(40)17(2)12-24(19(4)38)34(27)42/h5-13,36,39-42H,14-15H2,1-4H3. The predicted octanol–water partition coefficient (Wildman–Crippen LogP) is 7.00. The number of aromatic nitrogens is 1. The zero-order valence-corrected chi connectivity index (χ0v) is 23.6. The van der Waals surface area contributed by atoms with Crippen molar-refractivity contribution in [2.75, 3.05) is 0 Å². The Morgan fingerprint density at radius 1 is 0.714 bits per heavy atom. The van der Waals surface area contributed by atoms with E-state index in [1.807, 2.05) is 0 Å². The van der Waals surface area contributed by atoms with E-state index in [0.29, 0.717) is 44.4 Å². The molecule has 0 aliphatic carbocycles. The molecule has 1 heterocycles. The summed E-state index contributed by atoms with van der Waals surface area (Å²) >= 11 is 0. The van der Waals surface area contributed by atoms with E-state index in [1.165, 1.54) is 32.0 Å². The van der Waals surface area contributed by atoms with Gasteiger partial charge in [0.05, 0.1) is 11.1 Å². The van der Waals surface area contributed by atoms with E-state index in [2.05, 4.69) is 4.98 Å². The zero-order chi connectivity index (χ0) is 30.5. The van der Waals surface area contributed by atoms with Gasteiger partial charge >= 0.3 is 0 Å². The molecule has 5 rings (SSSR count). The molecule has 7 nitrogen and oxygen atoms in total. The first-order valence-corrected chi connectivity index (χ1v) is 13.4. The maximum absolute atomic E-state index is 14.6. The minimum atomic E-state index is -0.387. The summed E-state index contributed by atoms with van der Waals surface area (Å²) in [6.07, 6.45) is -0.0491. The quantitative estimate of drug-likeness (QED) is 0.135. The Balaban J connectivity index is 1.75. The van der Waals surface area contributed by atoms with Crippen LogP contribution < -0.4 is 0 Å². The van der Waals surface area contributed by atoms with Crippen LogP contribution in [0.25, 0.3) is 22.0 Å². The second kappa shape index (κ2) is 10.7. The zero-order valence-electron chi connectivity index (χ0n) is 23.6. The van der Waals surface area contributed by atoms with Gasteiger partial charge in [-0.3, -0.25) is 9.59 Å². The molecule has 1 aromatic heterocycles. The van der Waals surface area contributed by atoms with Crippen molar-refractivity contribution in [1.82, 2.24) is 4.98 Å². The number of phenols is 4. The number of carbonyl (C=O) groups excluding carboxylic acids is 2. The van der Waals surface area contributed by atoms with Gasteiger partial charge in [0.1, 0.15) is 28.8 Å². The van der Waals surface area contributed by atoms with Gasteiger partial charge in [-0.25, -0.2) is 4.39 Å². The Labute approximate surface area is 241 Å². The third-order valence-electron chi connectivity index (χ3n) is 7.77. The number of phenolic OH excluding ortho intramolecular Hbond substituents is 4. The van der Waals surface area contributed by atoms with Crippen LogP contribution >= 0.6 is 0 Å². The smallest absolute Gasteiger partial charge is 0.163 e. The average molecular weight is 568 g/mol. The molecular weight excluding hydrogens is 537 g/mol. The van der Waals surface area contributed by atoms with Crippen LogP contribution in [0.3, 0.4) is 0 Å². The molecule has 5 N–H and O–H groups in total. The largest absolute Gasteiger partial charge is 0.507 e. The van der Waals surface area contributed by atoms with Crippen molar-refractivity contribution in [1.29, 1.82) is 0 Å². The molecule has 0 radical (unpaired) electrons. The summed E-state index contributed by atoms with van der Waals surface area (Å²) in [5, 5.41) is 44.5. The maximum Gasteiger partial charge on any atom is 0.163 e. The molecule has 0 atom stereocenters.